The molecular weight excluding hydrogens is 376 g/mol. The van der Waals surface area contributed by atoms with E-state index < -0.39 is 17.5 Å². The third-order valence-electron chi connectivity index (χ3n) is 4.33. The third-order valence-corrected chi connectivity index (χ3v) is 4.33. The summed E-state index contributed by atoms with van der Waals surface area (Å²) in [7, 11) is 0. The first-order chi connectivity index (χ1) is 12.9. The predicted molar refractivity (Wildman–Crippen MR) is 109 cm³/mol. The van der Waals surface area contributed by atoms with Crippen molar-refractivity contribution < 1.29 is 14.3 Å². The number of anilines is 1. The van der Waals surface area contributed by atoms with Crippen LogP contribution in [0.5, 0.6) is 5.75 Å². The molecule has 3 rings (SSSR count). The van der Waals surface area contributed by atoms with Crippen LogP contribution in [0, 0.1) is 24.8 Å². The van der Waals surface area contributed by atoms with Gasteiger partial charge in [-0.15, -0.1) is 0 Å². The number of aryl methyl sites for hydroxylation is 1. The fraction of sp³-hybridized carbons (Fsp3) is 0.200. The zero-order valence-corrected chi connectivity index (χ0v) is 16.3. The van der Waals surface area contributed by atoms with Gasteiger partial charge < -0.3 is 10.1 Å². The second-order valence-corrected chi connectivity index (χ2v) is 6.41. The van der Waals surface area contributed by atoms with E-state index in [-0.39, 0.29) is 20.1 Å². The molecule has 7 nitrogen and oxygen atoms in total. The first-order valence-electron chi connectivity index (χ1n) is 8.16. The van der Waals surface area contributed by atoms with Crippen molar-refractivity contribution in [1.29, 1.82) is 5.26 Å². The summed E-state index contributed by atoms with van der Waals surface area (Å²) in [4.78, 5) is 29.7. The second kappa shape index (κ2) is 8.03. The number of urea groups is 1. The molecule has 1 fully saturated rings. The maximum absolute atomic E-state index is 12.9. The average molecular weight is 394 g/mol. The highest BCUT2D eigenvalue weighted by Crippen LogP contribution is 2.29. The Labute approximate surface area is 169 Å². The lowest BCUT2D eigenvalue weighted by atomic mass is 10.0. The number of hydrogen-bond acceptors (Lipinski definition) is 4. The zero-order valence-electron chi connectivity index (χ0n) is 15.3. The van der Waals surface area contributed by atoms with E-state index in [0.717, 1.165) is 4.90 Å². The number of nitriles is 1. The van der Waals surface area contributed by atoms with Crippen molar-refractivity contribution in [3.8, 4) is 11.8 Å². The number of benzene rings is 2. The van der Waals surface area contributed by atoms with E-state index in [1.807, 2.05) is 6.07 Å². The predicted octanol–water partition coefficient (Wildman–Crippen LogP) is 3.42. The number of nitrogens with zero attached hydrogens (tertiary/aromatic N) is 3. The highest BCUT2D eigenvalue weighted by molar-refractivity contribution is 7.59. The quantitative estimate of drug-likeness (QED) is 0.636. The summed E-state index contributed by atoms with van der Waals surface area (Å²) in [6.07, 6.45) is 0. The Hall–Kier alpha value is -3.49. The Morgan fingerprint density at radius 1 is 1.25 bits per heavy atom. The standard InChI is InChI=1S/C20H16N4O3.H2S/c1-13-10-15(6-9-17(13)22-3)24-18(25)20(2,23-19(24)26)12-27-16-7-4-14(11-21)5-8-16;/h4-10H,12H2,1-2H3,(H,23,26);1H2/t20-;/m0./s1. The molecule has 0 aromatic heterocycles. The van der Waals surface area contributed by atoms with Crippen molar-refractivity contribution in [3.63, 3.8) is 0 Å². The zero-order chi connectivity index (χ0) is 19.6. The number of ether oxygens (including phenoxy) is 1. The van der Waals surface area contributed by atoms with Gasteiger partial charge in [0.25, 0.3) is 5.91 Å². The minimum atomic E-state index is -1.22. The molecule has 0 unspecified atom stereocenters. The molecule has 0 radical (unpaired) electrons. The van der Waals surface area contributed by atoms with Crippen molar-refractivity contribution >= 4 is 36.8 Å². The number of carbonyl (C=O) groups is 2. The molecule has 2 aromatic rings. The van der Waals surface area contributed by atoms with Crippen LogP contribution in [-0.2, 0) is 4.79 Å². The molecule has 0 saturated carbocycles. The van der Waals surface area contributed by atoms with Gasteiger partial charge in [-0.25, -0.2) is 14.5 Å². The van der Waals surface area contributed by atoms with Crippen LogP contribution >= 0.6 is 13.5 Å². The molecule has 1 saturated heterocycles. The SMILES string of the molecule is S.[C-]#[N+]c1ccc(N2C(=O)N[C@@](C)(COc3ccc(C#N)cc3)C2=O)cc1C. The lowest BCUT2D eigenvalue weighted by Crippen LogP contribution is -2.49. The summed E-state index contributed by atoms with van der Waals surface area (Å²) in [5.74, 6) is 0.0593. The topological polar surface area (TPSA) is 86.8 Å². The van der Waals surface area contributed by atoms with Gasteiger partial charge in [0.1, 0.15) is 12.4 Å². The molecule has 2 aromatic carbocycles. The van der Waals surface area contributed by atoms with E-state index in [1.165, 1.54) is 0 Å². The lowest BCUT2D eigenvalue weighted by molar-refractivity contribution is -0.122. The molecule has 1 aliphatic heterocycles. The molecule has 0 aliphatic carbocycles. The third kappa shape index (κ3) is 3.78. The average Bonchev–Trinajstić information content (AvgIpc) is 2.89. The van der Waals surface area contributed by atoms with E-state index in [1.54, 1.807) is 56.3 Å². The van der Waals surface area contributed by atoms with Crippen LogP contribution in [0.4, 0.5) is 16.2 Å². The van der Waals surface area contributed by atoms with Gasteiger partial charge in [0.2, 0.25) is 0 Å². The van der Waals surface area contributed by atoms with E-state index in [9.17, 15) is 9.59 Å². The van der Waals surface area contributed by atoms with Gasteiger partial charge in [0.15, 0.2) is 11.2 Å². The molecule has 28 heavy (non-hydrogen) atoms. The largest absolute Gasteiger partial charge is 0.491 e. The Morgan fingerprint density at radius 2 is 1.93 bits per heavy atom. The van der Waals surface area contributed by atoms with E-state index in [2.05, 4.69) is 10.2 Å². The Kier molecular flexibility index (Phi) is 5.97. The smallest absolute Gasteiger partial charge is 0.329 e. The van der Waals surface area contributed by atoms with Crippen LogP contribution < -0.4 is 15.0 Å². The minimum Gasteiger partial charge on any atom is -0.491 e. The van der Waals surface area contributed by atoms with Crippen LogP contribution in [0.2, 0.25) is 0 Å². The Morgan fingerprint density at radius 3 is 2.50 bits per heavy atom. The molecule has 0 spiro atoms. The minimum absolute atomic E-state index is 0. The number of imide groups is 1. The van der Waals surface area contributed by atoms with Crippen LogP contribution in [0.25, 0.3) is 4.85 Å². The number of carbonyl (C=O) groups excluding carboxylic acids is 2. The normalized spacial score (nSPS) is 17.9. The van der Waals surface area contributed by atoms with Crippen molar-refractivity contribution in [3.05, 3.63) is 65.0 Å². The van der Waals surface area contributed by atoms with E-state index in [0.29, 0.717) is 28.3 Å². The van der Waals surface area contributed by atoms with Gasteiger partial charge in [0, 0.05) is 0 Å². The van der Waals surface area contributed by atoms with Crippen molar-refractivity contribution in [2.45, 2.75) is 19.4 Å². The van der Waals surface area contributed by atoms with E-state index in [4.69, 9.17) is 16.6 Å². The number of nitrogens with one attached hydrogen (secondary N) is 1. The van der Waals surface area contributed by atoms with Crippen LogP contribution in [-0.4, -0.2) is 24.1 Å². The van der Waals surface area contributed by atoms with Gasteiger partial charge in [-0.3, -0.25) is 4.79 Å². The number of amides is 3. The maximum Gasteiger partial charge on any atom is 0.329 e. The number of hydrogen-bond donors (Lipinski definition) is 1. The van der Waals surface area contributed by atoms with Gasteiger partial charge in [-0.1, -0.05) is 6.07 Å². The van der Waals surface area contributed by atoms with Crippen LogP contribution in [0.3, 0.4) is 0 Å². The van der Waals surface area contributed by atoms with Crippen molar-refractivity contribution in [1.82, 2.24) is 5.32 Å². The number of rotatable bonds is 4. The first-order valence-corrected chi connectivity index (χ1v) is 8.16. The Balaban J connectivity index is 0.00000280. The molecule has 142 valence electrons. The van der Waals surface area contributed by atoms with Gasteiger partial charge in [-0.2, -0.15) is 18.8 Å². The van der Waals surface area contributed by atoms with Crippen molar-refractivity contribution in [2.24, 2.45) is 0 Å². The summed E-state index contributed by atoms with van der Waals surface area (Å²) >= 11 is 0. The van der Waals surface area contributed by atoms with Gasteiger partial charge in [0.05, 0.1) is 23.9 Å². The molecular formula is C20H18N4O3S. The maximum atomic E-state index is 12.9. The molecule has 1 heterocycles. The fourth-order valence-corrected chi connectivity index (χ4v) is 2.77. The Bertz CT molecular complexity index is 1010. The van der Waals surface area contributed by atoms with Crippen molar-refractivity contribution in [2.75, 3.05) is 11.5 Å². The highest BCUT2D eigenvalue weighted by Gasteiger charge is 2.49. The van der Waals surface area contributed by atoms with Crippen LogP contribution in [0.15, 0.2) is 42.5 Å². The second-order valence-electron chi connectivity index (χ2n) is 6.41. The monoisotopic (exact) mass is 394 g/mol. The van der Waals surface area contributed by atoms with Gasteiger partial charge in [-0.05, 0) is 55.8 Å². The summed E-state index contributed by atoms with van der Waals surface area (Å²) in [6.45, 7) is 10.4. The lowest BCUT2D eigenvalue weighted by Gasteiger charge is -2.22. The van der Waals surface area contributed by atoms with Gasteiger partial charge >= 0.3 is 6.03 Å². The highest BCUT2D eigenvalue weighted by atomic mass is 32.1. The summed E-state index contributed by atoms with van der Waals surface area (Å²) in [5.41, 5.74) is 0.841. The summed E-state index contributed by atoms with van der Waals surface area (Å²) < 4.78 is 5.64. The molecule has 3 amide bonds. The summed E-state index contributed by atoms with van der Waals surface area (Å²) in [5, 5.41) is 11.5. The molecule has 1 N–H and O–H groups in total. The molecule has 8 heteroatoms. The molecule has 0 bridgehead atoms. The first kappa shape index (κ1) is 20.8. The molecule has 1 aliphatic rings. The van der Waals surface area contributed by atoms with E-state index >= 15 is 0 Å². The summed E-state index contributed by atoms with van der Waals surface area (Å²) in [6, 6.07) is 12.8. The fourth-order valence-electron chi connectivity index (χ4n) is 2.77. The molecule has 1 atom stereocenters. The van der Waals surface area contributed by atoms with Crippen LogP contribution in [0.1, 0.15) is 18.1 Å².